The smallest absolute Gasteiger partial charge is 0.144 e. The molecule has 88 valence electrons. The van der Waals surface area contributed by atoms with E-state index in [1.807, 2.05) is 24.3 Å². The van der Waals surface area contributed by atoms with Gasteiger partial charge in [-0.05, 0) is 81.9 Å². The first-order chi connectivity index (χ1) is 8.08. The van der Waals surface area contributed by atoms with Gasteiger partial charge in [0.2, 0.25) is 0 Å². The molecule has 17 heavy (non-hydrogen) atoms. The molecule has 0 aliphatic carbocycles. The fourth-order valence-corrected chi connectivity index (χ4v) is 3.53. The molecule has 1 heterocycles. The van der Waals surface area contributed by atoms with E-state index in [4.69, 9.17) is 0 Å². The average molecular weight is 486 g/mol. The third-order valence-corrected chi connectivity index (χ3v) is 4.37. The second-order valence-electron chi connectivity index (χ2n) is 3.21. The van der Waals surface area contributed by atoms with Gasteiger partial charge in [-0.15, -0.1) is 0 Å². The Balaban J connectivity index is 2.38. The molecule has 1 aromatic heterocycles. The summed E-state index contributed by atoms with van der Waals surface area (Å²) in [7, 11) is 0. The van der Waals surface area contributed by atoms with Gasteiger partial charge in [-0.3, -0.25) is 0 Å². The molecule has 0 aliphatic heterocycles. The third kappa shape index (κ3) is 3.30. The van der Waals surface area contributed by atoms with Gasteiger partial charge < -0.3 is 5.32 Å². The molecule has 2 aromatic rings. The number of aromatic nitrogens is 1. The van der Waals surface area contributed by atoms with Crippen LogP contribution in [0.1, 0.15) is 0 Å². The Morgan fingerprint density at radius 1 is 0.941 bits per heavy atom. The van der Waals surface area contributed by atoms with Crippen molar-refractivity contribution in [2.75, 3.05) is 5.32 Å². The first-order valence-corrected chi connectivity index (χ1v) is 7.77. The predicted molar refractivity (Wildman–Crippen MR) is 84.8 cm³/mol. The summed E-state index contributed by atoms with van der Waals surface area (Å²) in [5, 5.41) is 3.26. The topological polar surface area (TPSA) is 24.9 Å². The minimum absolute atomic E-state index is 0.765. The lowest BCUT2D eigenvalue weighted by molar-refractivity contribution is 1.27. The fraction of sp³-hybridized carbons (Fsp3) is 0. The van der Waals surface area contributed by atoms with Crippen LogP contribution in [-0.2, 0) is 0 Å². The van der Waals surface area contributed by atoms with Crippen LogP contribution in [0.25, 0.3) is 0 Å². The number of benzene rings is 1. The Morgan fingerprint density at radius 2 is 1.59 bits per heavy atom. The van der Waals surface area contributed by atoms with Crippen LogP contribution in [0.2, 0.25) is 0 Å². The lowest BCUT2D eigenvalue weighted by Crippen LogP contribution is -1.96. The van der Waals surface area contributed by atoms with E-state index in [1.165, 1.54) is 0 Å². The summed E-state index contributed by atoms with van der Waals surface area (Å²) >= 11 is 13.8. The van der Waals surface area contributed by atoms with Crippen LogP contribution in [0.5, 0.6) is 0 Å². The van der Waals surface area contributed by atoms with E-state index in [0.717, 1.165) is 29.4 Å². The lowest BCUT2D eigenvalue weighted by atomic mass is 10.3. The SMILES string of the molecule is Brc1cnc(Nc2c(Br)cccc2Br)c(Br)c1. The highest BCUT2D eigenvalue weighted by Crippen LogP contribution is 2.34. The van der Waals surface area contributed by atoms with E-state index >= 15 is 0 Å². The Kier molecular flexibility index (Phi) is 4.63. The predicted octanol–water partition coefficient (Wildman–Crippen LogP) is 5.88. The van der Waals surface area contributed by atoms with Crippen LogP contribution < -0.4 is 5.32 Å². The molecule has 2 nitrogen and oxygen atoms in total. The zero-order chi connectivity index (χ0) is 12.4. The highest BCUT2D eigenvalue weighted by Gasteiger charge is 2.08. The van der Waals surface area contributed by atoms with Crippen LogP contribution in [0.15, 0.2) is 48.4 Å². The molecule has 0 aliphatic rings. The maximum atomic E-state index is 4.31. The summed E-state index contributed by atoms with van der Waals surface area (Å²) in [6, 6.07) is 7.85. The molecule has 0 fully saturated rings. The van der Waals surface area contributed by atoms with Crippen LogP contribution in [-0.4, -0.2) is 4.98 Å². The maximum Gasteiger partial charge on any atom is 0.144 e. The molecule has 0 saturated heterocycles. The van der Waals surface area contributed by atoms with E-state index in [2.05, 4.69) is 74.0 Å². The molecule has 1 aromatic carbocycles. The molecule has 0 saturated carbocycles. The summed E-state index contributed by atoms with van der Waals surface area (Å²) in [5.74, 6) is 0.765. The number of nitrogens with one attached hydrogen (secondary N) is 1. The number of nitrogens with zero attached hydrogens (tertiary/aromatic N) is 1. The van der Waals surface area contributed by atoms with Gasteiger partial charge in [0.25, 0.3) is 0 Å². The number of pyridine rings is 1. The van der Waals surface area contributed by atoms with Gasteiger partial charge in [0.1, 0.15) is 5.82 Å². The summed E-state index contributed by atoms with van der Waals surface area (Å²) in [6.07, 6.45) is 1.75. The molecule has 0 bridgehead atoms. The standard InChI is InChI=1S/C11H6Br4N2/c12-6-4-9(15)11(16-5-6)17-10-7(13)2-1-3-8(10)14/h1-5H,(H,16,17). The van der Waals surface area contributed by atoms with Crippen LogP contribution in [0.4, 0.5) is 11.5 Å². The number of halogens is 4. The number of rotatable bonds is 2. The number of para-hydroxylation sites is 1. The van der Waals surface area contributed by atoms with Gasteiger partial charge in [0.15, 0.2) is 0 Å². The van der Waals surface area contributed by atoms with Crippen molar-refractivity contribution in [3.8, 4) is 0 Å². The van der Waals surface area contributed by atoms with Crippen molar-refractivity contribution in [2.24, 2.45) is 0 Å². The van der Waals surface area contributed by atoms with Gasteiger partial charge in [0.05, 0.1) is 10.2 Å². The van der Waals surface area contributed by atoms with Crippen molar-refractivity contribution in [3.63, 3.8) is 0 Å². The molecule has 0 atom stereocenters. The lowest BCUT2D eigenvalue weighted by Gasteiger charge is -2.11. The van der Waals surface area contributed by atoms with Crippen molar-refractivity contribution < 1.29 is 0 Å². The highest BCUT2D eigenvalue weighted by molar-refractivity contribution is 9.11. The van der Waals surface area contributed by atoms with Gasteiger partial charge in [-0.1, -0.05) is 6.07 Å². The first-order valence-electron chi connectivity index (χ1n) is 4.60. The Bertz CT molecular complexity index is 537. The normalized spacial score (nSPS) is 10.4. The summed E-state index contributed by atoms with van der Waals surface area (Å²) in [5.41, 5.74) is 0.947. The molecule has 0 radical (unpaired) electrons. The highest BCUT2D eigenvalue weighted by atomic mass is 79.9. The largest absolute Gasteiger partial charge is 0.337 e. The monoisotopic (exact) mass is 482 g/mol. The van der Waals surface area contributed by atoms with E-state index in [0.29, 0.717) is 0 Å². The fourth-order valence-electron chi connectivity index (χ4n) is 1.24. The van der Waals surface area contributed by atoms with Gasteiger partial charge in [0, 0.05) is 19.6 Å². The summed E-state index contributed by atoms with van der Waals surface area (Å²) in [6.45, 7) is 0. The Morgan fingerprint density at radius 3 is 2.18 bits per heavy atom. The molecular weight excluding hydrogens is 480 g/mol. The van der Waals surface area contributed by atoms with Crippen LogP contribution >= 0.6 is 63.7 Å². The van der Waals surface area contributed by atoms with E-state index in [-0.39, 0.29) is 0 Å². The molecule has 0 amide bonds. The second kappa shape index (κ2) is 5.82. The van der Waals surface area contributed by atoms with Crippen molar-refractivity contribution in [1.29, 1.82) is 0 Å². The minimum atomic E-state index is 0.765. The molecule has 0 unspecified atom stereocenters. The first kappa shape index (κ1) is 13.5. The van der Waals surface area contributed by atoms with Crippen molar-refractivity contribution in [3.05, 3.63) is 48.4 Å². The number of anilines is 2. The van der Waals surface area contributed by atoms with Crippen molar-refractivity contribution in [2.45, 2.75) is 0 Å². The van der Waals surface area contributed by atoms with E-state index in [1.54, 1.807) is 6.20 Å². The Hall–Kier alpha value is 0.0900. The molecular formula is C11H6Br4N2. The molecule has 0 spiro atoms. The molecule has 1 N–H and O–H groups in total. The number of hydrogen-bond donors (Lipinski definition) is 1. The van der Waals surface area contributed by atoms with Crippen molar-refractivity contribution >= 4 is 75.2 Å². The zero-order valence-corrected chi connectivity index (χ0v) is 14.7. The maximum absolute atomic E-state index is 4.31. The second-order valence-corrected chi connectivity index (χ2v) is 6.68. The van der Waals surface area contributed by atoms with Crippen molar-refractivity contribution in [1.82, 2.24) is 4.98 Å². The molecule has 2 rings (SSSR count). The van der Waals surface area contributed by atoms with Crippen LogP contribution in [0, 0.1) is 0 Å². The van der Waals surface area contributed by atoms with Crippen LogP contribution in [0.3, 0.4) is 0 Å². The Labute approximate surface area is 133 Å². The van der Waals surface area contributed by atoms with E-state index < -0.39 is 0 Å². The quantitative estimate of drug-likeness (QED) is 0.575. The number of hydrogen-bond acceptors (Lipinski definition) is 2. The third-order valence-electron chi connectivity index (χ3n) is 2.01. The zero-order valence-electron chi connectivity index (χ0n) is 8.35. The molecule has 6 heteroatoms. The minimum Gasteiger partial charge on any atom is -0.337 e. The van der Waals surface area contributed by atoms with Gasteiger partial charge >= 0.3 is 0 Å². The van der Waals surface area contributed by atoms with Gasteiger partial charge in [-0.2, -0.15) is 0 Å². The van der Waals surface area contributed by atoms with Gasteiger partial charge in [-0.25, -0.2) is 4.98 Å². The average Bonchev–Trinajstić information content (AvgIpc) is 2.26. The van der Waals surface area contributed by atoms with E-state index in [9.17, 15) is 0 Å². The summed E-state index contributed by atoms with van der Waals surface area (Å²) in [4.78, 5) is 4.31. The summed E-state index contributed by atoms with van der Waals surface area (Å²) < 4.78 is 3.78.